The van der Waals surface area contributed by atoms with Crippen molar-refractivity contribution < 1.29 is 4.39 Å². The van der Waals surface area contributed by atoms with Gasteiger partial charge in [0.05, 0.1) is 10.4 Å². The number of benzene rings is 1. The predicted molar refractivity (Wildman–Crippen MR) is 79.5 cm³/mol. The fourth-order valence-corrected chi connectivity index (χ4v) is 3.57. The second kappa shape index (κ2) is 5.34. The molecule has 4 nitrogen and oxygen atoms in total. The Labute approximate surface area is 123 Å². The maximum Gasteiger partial charge on any atom is 0.175 e. The summed E-state index contributed by atoms with van der Waals surface area (Å²) in [6, 6.07) is 4.94. The minimum atomic E-state index is -0.382. The van der Waals surface area contributed by atoms with Gasteiger partial charge < -0.3 is 5.73 Å². The minimum absolute atomic E-state index is 0.382. The number of anilines is 1. The van der Waals surface area contributed by atoms with Crippen LogP contribution in [0.15, 0.2) is 33.6 Å². The summed E-state index contributed by atoms with van der Waals surface area (Å²) >= 11 is 2.51. The number of fused-ring (bicyclic) bond motifs is 1. The van der Waals surface area contributed by atoms with E-state index < -0.39 is 0 Å². The van der Waals surface area contributed by atoms with Gasteiger partial charge in [-0.05, 0) is 29.7 Å². The van der Waals surface area contributed by atoms with Crippen LogP contribution < -0.4 is 5.73 Å². The number of halogens is 1. The van der Waals surface area contributed by atoms with Gasteiger partial charge in [-0.1, -0.05) is 18.7 Å². The lowest BCUT2D eigenvalue weighted by Crippen LogP contribution is -1.94. The molecule has 0 atom stereocenters. The molecule has 2 N–H and O–H groups in total. The Morgan fingerprint density at radius 1 is 1.45 bits per heavy atom. The summed E-state index contributed by atoms with van der Waals surface area (Å²) in [5.74, 6) is 0.387. The third-order valence-electron chi connectivity index (χ3n) is 2.79. The summed E-state index contributed by atoms with van der Waals surface area (Å²) in [7, 11) is 0. The average Bonchev–Trinajstić information content (AvgIpc) is 2.91. The minimum Gasteiger partial charge on any atom is -0.398 e. The van der Waals surface area contributed by atoms with Gasteiger partial charge in [0.25, 0.3) is 0 Å². The number of aromatic nitrogens is 3. The Morgan fingerprint density at radius 3 is 3.05 bits per heavy atom. The normalized spacial score (nSPS) is 11.1. The van der Waals surface area contributed by atoms with E-state index in [-0.39, 0.29) is 5.82 Å². The fraction of sp³-hybridized carbons (Fsp3) is 0.154. The maximum absolute atomic E-state index is 14.2. The van der Waals surface area contributed by atoms with Gasteiger partial charge in [0.1, 0.15) is 11.6 Å². The van der Waals surface area contributed by atoms with E-state index in [1.54, 1.807) is 12.3 Å². The molecular formula is C13H11FN4S2. The zero-order valence-corrected chi connectivity index (χ0v) is 12.3. The SMILES string of the molecule is CCc1nsc(Sc2c(F)cc(N)c3cccnc23)n1. The lowest BCUT2D eigenvalue weighted by Gasteiger charge is -2.07. The number of nitrogens with two attached hydrogens (primary N) is 1. The number of nitrogen functional groups attached to an aromatic ring is 1. The molecule has 0 aliphatic rings. The maximum atomic E-state index is 14.2. The van der Waals surface area contributed by atoms with E-state index in [0.717, 1.165) is 17.6 Å². The summed E-state index contributed by atoms with van der Waals surface area (Å²) < 4.78 is 19.1. The van der Waals surface area contributed by atoms with Crippen molar-refractivity contribution in [3.8, 4) is 0 Å². The number of rotatable bonds is 3. The van der Waals surface area contributed by atoms with Crippen LogP contribution in [0.5, 0.6) is 0 Å². The molecule has 7 heteroatoms. The number of pyridine rings is 1. The van der Waals surface area contributed by atoms with Gasteiger partial charge in [-0.25, -0.2) is 9.37 Å². The molecule has 1 aromatic carbocycles. The van der Waals surface area contributed by atoms with Gasteiger partial charge in [0, 0.05) is 23.7 Å². The van der Waals surface area contributed by atoms with Crippen LogP contribution in [0.2, 0.25) is 0 Å². The first kappa shape index (κ1) is 13.3. The lowest BCUT2D eigenvalue weighted by atomic mass is 10.2. The van der Waals surface area contributed by atoms with Crippen molar-refractivity contribution >= 4 is 39.9 Å². The molecule has 0 spiro atoms. The highest BCUT2D eigenvalue weighted by Crippen LogP contribution is 2.37. The van der Waals surface area contributed by atoms with Crippen LogP contribution in [-0.2, 0) is 6.42 Å². The number of aryl methyl sites for hydroxylation is 1. The summed E-state index contributed by atoms with van der Waals surface area (Å²) in [6.07, 6.45) is 2.39. The average molecular weight is 306 g/mol. The number of nitrogens with zero attached hydrogens (tertiary/aromatic N) is 3. The van der Waals surface area contributed by atoms with Crippen LogP contribution in [0.1, 0.15) is 12.7 Å². The first-order valence-corrected chi connectivity index (χ1v) is 7.61. The van der Waals surface area contributed by atoms with Crippen LogP contribution in [0.4, 0.5) is 10.1 Å². The Bertz CT molecular complexity index is 772. The molecule has 0 saturated heterocycles. The van der Waals surface area contributed by atoms with E-state index in [2.05, 4.69) is 14.3 Å². The molecule has 3 aromatic rings. The van der Waals surface area contributed by atoms with Crippen LogP contribution in [-0.4, -0.2) is 14.3 Å². The van der Waals surface area contributed by atoms with Gasteiger partial charge in [0.2, 0.25) is 0 Å². The van der Waals surface area contributed by atoms with Crippen molar-refractivity contribution in [2.75, 3.05) is 5.73 Å². The molecule has 0 amide bonds. The zero-order valence-electron chi connectivity index (χ0n) is 10.6. The van der Waals surface area contributed by atoms with E-state index in [9.17, 15) is 4.39 Å². The highest BCUT2D eigenvalue weighted by Gasteiger charge is 2.15. The van der Waals surface area contributed by atoms with Crippen molar-refractivity contribution in [2.45, 2.75) is 22.6 Å². The zero-order chi connectivity index (χ0) is 14.1. The summed E-state index contributed by atoms with van der Waals surface area (Å²) in [6.45, 7) is 1.98. The topological polar surface area (TPSA) is 64.7 Å². The van der Waals surface area contributed by atoms with E-state index in [4.69, 9.17) is 5.73 Å². The molecule has 2 aromatic heterocycles. The van der Waals surface area contributed by atoms with Crippen LogP contribution in [0.3, 0.4) is 0 Å². The summed E-state index contributed by atoms with van der Waals surface area (Å²) in [5.41, 5.74) is 6.78. The van der Waals surface area contributed by atoms with Crippen molar-refractivity contribution in [1.29, 1.82) is 0 Å². The van der Waals surface area contributed by atoms with Crippen LogP contribution in [0, 0.1) is 5.82 Å². The first-order valence-electron chi connectivity index (χ1n) is 6.02. The molecule has 0 aliphatic heterocycles. The molecule has 2 heterocycles. The molecule has 0 aliphatic carbocycles. The van der Waals surface area contributed by atoms with E-state index in [0.29, 0.717) is 20.4 Å². The monoisotopic (exact) mass is 306 g/mol. The Hall–Kier alpha value is -1.73. The second-order valence-electron chi connectivity index (χ2n) is 4.11. The Kier molecular flexibility index (Phi) is 3.54. The quantitative estimate of drug-likeness (QED) is 0.750. The molecule has 0 unspecified atom stereocenters. The number of hydrogen-bond donors (Lipinski definition) is 1. The summed E-state index contributed by atoms with van der Waals surface area (Å²) in [5, 5.41) is 0.747. The van der Waals surface area contributed by atoms with Crippen molar-refractivity contribution in [1.82, 2.24) is 14.3 Å². The third kappa shape index (κ3) is 2.34. The van der Waals surface area contributed by atoms with E-state index in [1.165, 1.54) is 29.4 Å². The molecule has 0 fully saturated rings. The van der Waals surface area contributed by atoms with Crippen molar-refractivity contribution in [3.63, 3.8) is 0 Å². The Balaban J connectivity index is 2.10. The van der Waals surface area contributed by atoms with Gasteiger partial charge in [0.15, 0.2) is 4.34 Å². The molecule has 0 saturated carbocycles. The van der Waals surface area contributed by atoms with E-state index in [1.807, 2.05) is 13.0 Å². The molecule has 20 heavy (non-hydrogen) atoms. The van der Waals surface area contributed by atoms with Crippen LogP contribution >= 0.6 is 23.3 Å². The van der Waals surface area contributed by atoms with Crippen molar-refractivity contribution in [2.24, 2.45) is 0 Å². The molecule has 102 valence electrons. The van der Waals surface area contributed by atoms with Gasteiger partial charge in [-0.3, -0.25) is 4.98 Å². The molecule has 0 bridgehead atoms. The largest absolute Gasteiger partial charge is 0.398 e. The lowest BCUT2D eigenvalue weighted by molar-refractivity contribution is 0.605. The smallest absolute Gasteiger partial charge is 0.175 e. The van der Waals surface area contributed by atoms with E-state index >= 15 is 0 Å². The molecule has 0 radical (unpaired) electrons. The van der Waals surface area contributed by atoms with Gasteiger partial charge >= 0.3 is 0 Å². The third-order valence-corrected chi connectivity index (χ3v) is 4.67. The molecular weight excluding hydrogens is 295 g/mol. The van der Waals surface area contributed by atoms with Gasteiger partial charge in [-0.15, -0.1) is 0 Å². The Morgan fingerprint density at radius 2 is 2.30 bits per heavy atom. The predicted octanol–water partition coefficient (Wildman–Crippen LogP) is 3.52. The first-order chi connectivity index (χ1) is 9.69. The fourth-order valence-electron chi connectivity index (χ4n) is 1.82. The molecule has 3 rings (SSSR count). The van der Waals surface area contributed by atoms with Crippen LogP contribution in [0.25, 0.3) is 10.9 Å². The standard InChI is InChI=1S/C13H11FN4S2/c1-2-10-17-13(20-18-10)19-12-8(14)6-9(15)7-4-3-5-16-11(7)12/h3-6H,2,15H2,1H3. The van der Waals surface area contributed by atoms with Crippen molar-refractivity contribution in [3.05, 3.63) is 36.0 Å². The number of hydrogen-bond acceptors (Lipinski definition) is 6. The second-order valence-corrected chi connectivity index (χ2v) is 6.12. The summed E-state index contributed by atoms with van der Waals surface area (Å²) in [4.78, 5) is 9.02. The highest BCUT2D eigenvalue weighted by molar-refractivity contribution is 8.01. The van der Waals surface area contributed by atoms with Gasteiger partial charge in [-0.2, -0.15) is 4.37 Å². The highest BCUT2D eigenvalue weighted by atomic mass is 32.2.